The van der Waals surface area contributed by atoms with Crippen molar-refractivity contribution in [3.8, 4) is 0 Å². The number of amides is 1. The van der Waals surface area contributed by atoms with Crippen LogP contribution in [0.4, 0.5) is 5.95 Å². The molecule has 0 aliphatic heterocycles. The third kappa shape index (κ3) is 3.40. The molecule has 1 aromatic rings. The lowest BCUT2D eigenvalue weighted by atomic mass is 10.1. The normalized spacial score (nSPS) is 22.4. The fourth-order valence-corrected chi connectivity index (χ4v) is 2.83. The van der Waals surface area contributed by atoms with Crippen LogP contribution < -0.4 is 10.9 Å². The molecule has 1 fully saturated rings. The van der Waals surface area contributed by atoms with Gasteiger partial charge in [0, 0.05) is 11.4 Å². The minimum Gasteiger partial charge on any atom is -0.273 e. The highest BCUT2D eigenvalue weighted by molar-refractivity contribution is 5.84. The van der Waals surface area contributed by atoms with Crippen LogP contribution in [0.15, 0.2) is 17.7 Å². The standard InChI is InChI=1S/C16H24N4O/c1-9(2)7-12-13(16(12,5)6)14(21)19-20-15-17-10(3)8-11(4)18-15/h7-8,12-13H,1-6H3,(H,19,21)(H,17,18,20). The van der Waals surface area contributed by atoms with Gasteiger partial charge in [0.05, 0.1) is 5.92 Å². The van der Waals surface area contributed by atoms with Crippen molar-refractivity contribution in [2.45, 2.75) is 41.5 Å². The first-order valence-corrected chi connectivity index (χ1v) is 7.25. The maximum atomic E-state index is 12.3. The van der Waals surface area contributed by atoms with E-state index >= 15 is 0 Å². The largest absolute Gasteiger partial charge is 0.273 e. The zero-order valence-electron chi connectivity index (χ0n) is 13.6. The predicted octanol–water partition coefficient (Wildman–Crippen LogP) is 2.77. The number of hydrazine groups is 1. The van der Waals surface area contributed by atoms with Crippen molar-refractivity contribution < 1.29 is 4.79 Å². The van der Waals surface area contributed by atoms with Gasteiger partial charge in [-0.15, -0.1) is 0 Å². The summed E-state index contributed by atoms with van der Waals surface area (Å²) in [7, 11) is 0. The van der Waals surface area contributed by atoms with E-state index in [2.05, 4.69) is 54.6 Å². The van der Waals surface area contributed by atoms with Crippen molar-refractivity contribution in [3.63, 3.8) is 0 Å². The Morgan fingerprint density at radius 1 is 1.24 bits per heavy atom. The second-order valence-corrected chi connectivity index (χ2v) is 6.66. The number of carbonyl (C=O) groups excluding carboxylic acids is 1. The average Bonchev–Trinajstić information content (AvgIpc) is 2.85. The lowest BCUT2D eigenvalue weighted by molar-refractivity contribution is -0.122. The summed E-state index contributed by atoms with van der Waals surface area (Å²) >= 11 is 0. The molecule has 0 spiro atoms. The summed E-state index contributed by atoms with van der Waals surface area (Å²) < 4.78 is 0. The molecule has 0 radical (unpaired) electrons. The lowest BCUT2D eigenvalue weighted by Crippen LogP contribution is -2.33. The molecule has 1 aliphatic rings. The van der Waals surface area contributed by atoms with Gasteiger partial charge in [-0.2, -0.15) is 0 Å². The molecule has 5 nitrogen and oxygen atoms in total. The summed E-state index contributed by atoms with van der Waals surface area (Å²) in [5.74, 6) is 0.707. The van der Waals surface area contributed by atoms with Gasteiger partial charge in [-0.1, -0.05) is 25.5 Å². The molecule has 2 unspecified atom stereocenters. The third-order valence-electron chi connectivity index (χ3n) is 3.99. The molecule has 1 saturated carbocycles. The van der Waals surface area contributed by atoms with Crippen molar-refractivity contribution in [2.75, 3.05) is 5.43 Å². The molecule has 1 aromatic heterocycles. The summed E-state index contributed by atoms with van der Waals surface area (Å²) in [6.07, 6.45) is 2.18. The van der Waals surface area contributed by atoms with E-state index in [1.165, 1.54) is 5.57 Å². The van der Waals surface area contributed by atoms with Crippen molar-refractivity contribution >= 4 is 11.9 Å². The van der Waals surface area contributed by atoms with Crippen molar-refractivity contribution in [1.29, 1.82) is 0 Å². The Labute approximate surface area is 126 Å². The molecule has 1 amide bonds. The van der Waals surface area contributed by atoms with Crippen LogP contribution in [-0.4, -0.2) is 15.9 Å². The molecule has 5 heteroatoms. The van der Waals surface area contributed by atoms with Gasteiger partial charge in [-0.3, -0.25) is 15.6 Å². The number of hydrogen-bond donors (Lipinski definition) is 2. The Kier molecular flexibility index (Phi) is 4.03. The van der Waals surface area contributed by atoms with Crippen LogP contribution in [0.25, 0.3) is 0 Å². The van der Waals surface area contributed by atoms with Crippen LogP contribution in [0.1, 0.15) is 39.1 Å². The van der Waals surface area contributed by atoms with Gasteiger partial charge in [-0.25, -0.2) is 9.97 Å². The van der Waals surface area contributed by atoms with E-state index < -0.39 is 0 Å². The van der Waals surface area contributed by atoms with E-state index in [1.807, 2.05) is 19.9 Å². The van der Waals surface area contributed by atoms with Crippen LogP contribution in [0.5, 0.6) is 0 Å². The Bertz CT molecular complexity index is 568. The second kappa shape index (κ2) is 5.47. The van der Waals surface area contributed by atoms with Gasteiger partial charge < -0.3 is 0 Å². The highest BCUT2D eigenvalue weighted by atomic mass is 16.2. The molecular formula is C16H24N4O. The summed E-state index contributed by atoms with van der Waals surface area (Å²) in [4.78, 5) is 20.8. The maximum Gasteiger partial charge on any atom is 0.242 e. The summed E-state index contributed by atoms with van der Waals surface area (Å²) in [6.45, 7) is 12.2. The van der Waals surface area contributed by atoms with Crippen LogP contribution in [0.3, 0.4) is 0 Å². The molecular weight excluding hydrogens is 264 g/mol. The van der Waals surface area contributed by atoms with Crippen LogP contribution >= 0.6 is 0 Å². The molecule has 1 aliphatic carbocycles. The first kappa shape index (κ1) is 15.5. The lowest BCUT2D eigenvalue weighted by Gasteiger charge is -2.08. The van der Waals surface area contributed by atoms with E-state index in [0.717, 1.165) is 11.4 Å². The monoisotopic (exact) mass is 288 g/mol. The topological polar surface area (TPSA) is 66.9 Å². The summed E-state index contributed by atoms with van der Waals surface area (Å²) in [5.41, 5.74) is 8.54. The molecule has 21 heavy (non-hydrogen) atoms. The third-order valence-corrected chi connectivity index (χ3v) is 3.99. The van der Waals surface area contributed by atoms with Crippen LogP contribution in [-0.2, 0) is 4.79 Å². The van der Waals surface area contributed by atoms with E-state index in [9.17, 15) is 4.79 Å². The Morgan fingerprint density at radius 3 is 2.33 bits per heavy atom. The number of anilines is 1. The smallest absolute Gasteiger partial charge is 0.242 e. The molecule has 2 rings (SSSR count). The number of hydrogen-bond acceptors (Lipinski definition) is 4. The SMILES string of the molecule is CC(C)=CC1C(C(=O)NNc2nc(C)cc(C)n2)C1(C)C. The van der Waals surface area contributed by atoms with Crippen molar-refractivity contribution in [2.24, 2.45) is 17.3 Å². The number of carbonyl (C=O) groups is 1. The Hall–Kier alpha value is -1.91. The fraction of sp³-hybridized carbons (Fsp3) is 0.562. The quantitative estimate of drug-likeness (QED) is 0.660. The number of nitrogens with one attached hydrogen (secondary N) is 2. The molecule has 0 saturated heterocycles. The number of allylic oxidation sites excluding steroid dienone is 2. The minimum absolute atomic E-state index is 0.00636. The predicted molar refractivity (Wildman–Crippen MR) is 83.5 cm³/mol. The van der Waals surface area contributed by atoms with E-state index in [-0.39, 0.29) is 17.2 Å². The number of aryl methyl sites for hydroxylation is 2. The number of rotatable bonds is 4. The van der Waals surface area contributed by atoms with Gasteiger partial charge >= 0.3 is 0 Å². The van der Waals surface area contributed by atoms with E-state index in [4.69, 9.17) is 0 Å². The molecule has 1 heterocycles. The maximum absolute atomic E-state index is 12.3. The fourth-order valence-electron chi connectivity index (χ4n) is 2.83. The zero-order valence-corrected chi connectivity index (χ0v) is 13.6. The van der Waals surface area contributed by atoms with Crippen LogP contribution in [0.2, 0.25) is 0 Å². The van der Waals surface area contributed by atoms with Gasteiger partial charge in [0.25, 0.3) is 0 Å². The Balaban J connectivity index is 1.98. The molecule has 2 atom stereocenters. The highest BCUT2D eigenvalue weighted by Gasteiger charge is 2.60. The van der Waals surface area contributed by atoms with Gasteiger partial charge in [-0.05, 0) is 45.1 Å². The highest BCUT2D eigenvalue weighted by Crippen LogP contribution is 2.59. The van der Waals surface area contributed by atoms with E-state index in [1.54, 1.807) is 0 Å². The van der Waals surface area contributed by atoms with Crippen molar-refractivity contribution in [3.05, 3.63) is 29.1 Å². The first-order valence-electron chi connectivity index (χ1n) is 7.25. The van der Waals surface area contributed by atoms with Crippen molar-refractivity contribution in [1.82, 2.24) is 15.4 Å². The van der Waals surface area contributed by atoms with Gasteiger partial charge in [0.2, 0.25) is 11.9 Å². The average molecular weight is 288 g/mol. The van der Waals surface area contributed by atoms with Gasteiger partial charge in [0.15, 0.2) is 0 Å². The first-order chi connectivity index (χ1) is 9.71. The second-order valence-electron chi connectivity index (χ2n) is 6.66. The molecule has 0 bridgehead atoms. The molecule has 0 aromatic carbocycles. The minimum atomic E-state index is -0.00902. The summed E-state index contributed by atoms with van der Waals surface area (Å²) in [6, 6.07) is 1.89. The van der Waals surface area contributed by atoms with E-state index in [0.29, 0.717) is 11.9 Å². The number of aromatic nitrogens is 2. The van der Waals surface area contributed by atoms with Gasteiger partial charge in [0.1, 0.15) is 0 Å². The molecule has 2 N–H and O–H groups in total. The Morgan fingerprint density at radius 2 is 1.81 bits per heavy atom. The summed E-state index contributed by atoms with van der Waals surface area (Å²) in [5, 5.41) is 0. The zero-order chi connectivity index (χ0) is 15.8. The number of nitrogens with zero attached hydrogens (tertiary/aromatic N) is 2. The van der Waals surface area contributed by atoms with Crippen LogP contribution in [0, 0.1) is 31.1 Å². The molecule has 114 valence electrons.